The smallest absolute Gasteiger partial charge is 0.345 e. The quantitative estimate of drug-likeness (QED) is 0.799. The van der Waals surface area contributed by atoms with Gasteiger partial charge in [-0.3, -0.25) is 4.98 Å². The van der Waals surface area contributed by atoms with Crippen molar-refractivity contribution in [2.45, 2.75) is 9.92 Å². The lowest BCUT2D eigenvalue weighted by Crippen LogP contribution is -1.90. The van der Waals surface area contributed by atoms with Crippen molar-refractivity contribution < 1.29 is 9.90 Å². The maximum atomic E-state index is 10.8. The van der Waals surface area contributed by atoms with Crippen LogP contribution in [0, 0.1) is 0 Å². The highest BCUT2D eigenvalue weighted by Crippen LogP contribution is 2.30. The van der Waals surface area contributed by atoms with Crippen molar-refractivity contribution in [3.8, 4) is 0 Å². The van der Waals surface area contributed by atoms with E-state index >= 15 is 0 Å². The van der Waals surface area contributed by atoms with Crippen LogP contribution in [0.15, 0.2) is 45.9 Å². The largest absolute Gasteiger partial charge is 0.477 e. The number of aromatic carboxylic acids is 1. The first kappa shape index (κ1) is 12.1. The fourth-order valence-corrected chi connectivity index (χ4v) is 3.20. The van der Waals surface area contributed by atoms with Gasteiger partial charge in [-0.05, 0) is 18.2 Å². The molecule has 0 saturated heterocycles. The molecule has 0 atom stereocenters. The summed E-state index contributed by atoms with van der Waals surface area (Å²) < 4.78 is 0. The van der Waals surface area contributed by atoms with E-state index in [4.69, 9.17) is 5.11 Å². The number of fused-ring (bicyclic) bond motifs is 1. The predicted octanol–water partition coefficient (Wildman–Crippen LogP) is 2.94. The van der Waals surface area contributed by atoms with Gasteiger partial charge in [0.1, 0.15) is 15.4 Å². The van der Waals surface area contributed by atoms with Gasteiger partial charge in [-0.15, -0.1) is 11.3 Å². The second kappa shape index (κ2) is 4.94. The van der Waals surface area contributed by atoms with Gasteiger partial charge < -0.3 is 5.11 Å². The fourth-order valence-electron chi connectivity index (χ4n) is 1.50. The highest BCUT2D eigenvalue weighted by atomic mass is 32.2. The fraction of sp³-hybridized carbons (Fsp3) is 0. The molecule has 0 amide bonds. The Morgan fingerprint density at radius 1 is 1.26 bits per heavy atom. The van der Waals surface area contributed by atoms with Crippen molar-refractivity contribution in [2.75, 3.05) is 0 Å². The number of thiophene rings is 1. The third kappa shape index (κ3) is 2.56. The molecule has 19 heavy (non-hydrogen) atoms. The summed E-state index contributed by atoms with van der Waals surface area (Å²) in [5, 5.41) is 11.4. The van der Waals surface area contributed by atoms with E-state index in [1.54, 1.807) is 23.8 Å². The van der Waals surface area contributed by atoms with E-state index in [1.807, 2.05) is 12.1 Å². The lowest BCUT2D eigenvalue weighted by Gasteiger charge is -1.99. The Labute approximate surface area is 116 Å². The lowest BCUT2D eigenvalue weighted by atomic mass is 10.4. The van der Waals surface area contributed by atoms with Gasteiger partial charge in [0.15, 0.2) is 5.65 Å². The number of carboxylic acid groups (broad SMARTS) is 1. The van der Waals surface area contributed by atoms with Gasteiger partial charge in [-0.25, -0.2) is 14.8 Å². The molecule has 0 aliphatic rings. The number of hydrogen-bond donors (Lipinski definition) is 1. The van der Waals surface area contributed by atoms with Crippen LogP contribution in [0.25, 0.3) is 11.2 Å². The van der Waals surface area contributed by atoms with Crippen LogP contribution in [0.1, 0.15) is 9.67 Å². The van der Waals surface area contributed by atoms with Crippen molar-refractivity contribution in [1.82, 2.24) is 15.0 Å². The van der Waals surface area contributed by atoms with Gasteiger partial charge in [0.25, 0.3) is 0 Å². The molecule has 5 nitrogen and oxygen atoms in total. The van der Waals surface area contributed by atoms with Crippen molar-refractivity contribution in [1.29, 1.82) is 0 Å². The number of aromatic nitrogens is 3. The molecule has 3 aromatic heterocycles. The second-order valence-electron chi connectivity index (χ2n) is 3.60. The highest BCUT2D eigenvalue weighted by molar-refractivity contribution is 7.99. The molecule has 0 aliphatic carbocycles. The summed E-state index contributed by atoms with van der Waals surface area (Å²) in [6.07, 6.45) is 3.21. The number of rotatable bonds is 3. The number of carboxylic acids is 1. The SMILES string of the molecule is O=C(O)c1cc(Sc2ccc3nccnc3n2)cs1. The van der Waals surface area contributed by atoms with Gasteiger partial charge in [-0.1, -0.05) is 11.8 Å². The normalized spacial score (nSPS) is 10.7. The molecule has 3 heterocycles. The molecule has 0 aliphatic heterocycles. The van der Waals surface area contributed by atoms with Crippen molar-refractivity contribution in [3.63, 3.8) is 0 Å². The van der Waals surface area contributed by atoms with E-state index in [0.29, 0.717) is 10.5 Å². The molecule has 94 valence electrons. The summed E-state index contributed by atoms with van der Waals surface area (Å²) in [4.78, 5) is 24.6. The molecule has 0 saturated carbocycles. The number of pyridine rings is 1. The Kier molecular flexibility index (Phi) is 3.14. The van der Waals surface area contributed by atoms with E-state index < -0.39 is 5.97 Å². The third-order valence-corrected chi connectivity index (χ3v) is 4.29. The Balaban J connectivity index is 1.89. The lowest BCUT2D eigenvalue weighted by molar-refractivity contribution is 0.0702. The van der Waals surface area contributed by atoms with E-state index in [2.05, 4.69) is 15.0 Å². The summed E-state index contributed by atoms with van der Waals surface area (Å²) in [6.45, 7) is 0. The summed E-state index contributed by atoms with van der Waals surface area (Å²) >= 11 is 2.61. The molecule has 0 bridgehead atoms. The van der Waals surface area contributed by atoms with Crippen molar-refractivity contribution in [2.24, 2.45) is 0 Å². The summed E-state index contributed by atoms with van der Waals surface area (Å²) in [6, 6.07) is 5.34. The molecular formula is C12H7N3O2S2. The molecule has 0 unspecified atom stereocenters. The minimum atomic E-state index is -0.908. The Morgan fingerprint density at radius 3 is 2.89 bits per heavy atom. The van der Waals surface area contributed by atoms with Crippen LogP contribution in [0.3, 0.4) is 0 Å². The van der Waals surface area contributed by atoms with Crippen LogP contribution in [-0.2, 0) is 0 Å². The summed E-state index contributed by atoms with van der Waals surface area (Å²) in [5.41, 5.74) is 1.32. The Bertz CT molecular complexity index is 757. The van der Waals surface area contributed by atoms with E-state index in [9.17, 15) is 4.79 Å². The summed E-state index contributed by atoms with van der Waals surface area (Å²) in [5.74, 6) is -0.908. The van der Waals surface area contributed by atoms with Crippen LogP contribution in [0.5, 0.6) is 0 Å². The van der Waals surface area contributed by atoms with Gasteiger partial charge in [0.2, 0.25) is 0 Å². The third-order valence-electron chi connectivity index (χ3n) is 2.31. The predicted molar refractivity (Wildman–Crippen MR) is 72.7 cm³/mol. The minimum Gasteiger partial charge on any atom is -0.477 e. The van der Waals surface area contributed by atoms with Crippen molar-refractivity contribution in [3.05, 3.63) is 40.8 Å². The first-order chi connectivity index (χ1) is 9.22. The maximum Gasteiger partial charge on any atom is 0.345 e. The van der Waals surface area contributed by atoms with E-state index in [0.717, 1.165) is 15.4 Å². The van der Waals surface area contributed by atoms with Gasteiger partial charge >= 0.3 is 5.97 Å². The van der Waals surface area contributed by atoms with Crippen LogP contribution in [0.4, 0.5) is 0 Å². The first-order valence-electron chi connectivity index (χ1n) is 5.30. The molecule has 0 radical (unpaired) electrons. The van der Waals surface area contributed by atoms with Gasteiger partial charge in [0.05, 0.1) is 0 Å². The Morgan fingerprint density at radius 2 is 2.11 bits per heavy atom. The maximum absolute atomic E-state index is 10.8. The minimum absolute atomic E-state index is 0.322. The van der Waals surface area contributed by atoms with E-state index in [1.165, 1.54) is 23.1 Å². The summed E-state index contributed by atoms with van der Waals surface area (Å²) in [7, 11) is 0. The molecular weight excluding hydrogens is 282 g/mol. The molecule has 7 heteroatoms. The first-order valence-corrected chi connectivity index (χ1v) is 6.99. The zero-order valence-electron chi connectivity index (χ0n) is 9.48. The van der Waals surface area contributed by atoms with Crippen molar-refractivity contribution >= 4 is 40.2 Å². The number of nitrogens with zero attached hydrogens (tertiary/aromatic N) is 3. The zero-order chi connectivity index (χ0) is 13.2. The van der Waals surface area contributed by atoms with Crippen LogP contribution >= 0.6 is 23.1 Å². The van der Waals surface area contributed by atoms with Crippen LogP contribution < -0.4 is 0 Å². The second-order valence-corrected chi connectivity index (χ2v) is 5.61. The Hall–Kier alpha value is -1.99. The molecule has 3 rings (SSSR count). The zero-order valence-corrected chi connectivity index (χ0v) is 11.1. The monoisotopic (exact) mass is 289 g/mol. The molecule has 0 aromatic carbocycles. The number of hydrogen-bond acceptors (Lipinski definition) is 6. The molecule has 0 spiro atoms. The highest BCUT2D eigenvalue weighted by Gasteiger charge is 2.09. The average molecular weight is 289 g/mol. The standard InChI is InChI=1S/C12H7N3O2S2/c16-12(17)9-5-7(6-18-9)19-10-2-1-8-11(15-10)14-4-3-13-8/h1-6H,(H,16,17). The topological polar surface area (TPSA) is 76.0 Å². The molecule has 1 N–H and O–H groups in total. The number of carbonyl (C=O) groups is 1. The van der Waals surface area contributed by atoms with Crippen LogP contribution in [-0.4, -0.2) is 26.0 Å². The van der Waals surface area contributed by atoms with E-state index in [-0.39, 0.29) is 0 Å². The molecule has 3 aromatic rings. The van der Waals surface area contributed by atoms with Crippen LogP contribution in [0.2, 0.25) is 0 Å². The van der Waals surface area contributed by atoms with Gasteiger partial charge in [0, 0.05) is 22.7 Å². The average Bonchev–Trinajstić information content (AvgIpc) is 2.87. The van der Waals surface area contributed by atoms with Gasteiger partial charge in [-0.2, -0.15) is 0 Å². The molecule has 0 fully saturated rings.